The summed E-state index contributed by atoms with van der Waals surface area (Å²) in [6.07, 6.45) is -0.406. The van der Waals surface area contributed by atoms with E-state index < -0.39 is 6.09 Å². The number of carbonyl (C=O) groups is 1. The summed E-state index contributed by atoms with van der Waals surface area (Å²) in [5.41, 5.74) is 6.16. The number of cyclic esters (lactones) is 1. The van der Waals surface area contributed by atoms with Gasteiger partial charge < -0.3 is 10.5 Å². The third-order valence-corrected chi connectivity index (χ3v) is 2.58. The lowest BCUT2D eigenvalue weighted by Gasteiger charge is -2.31. The lowest BCUT2D eigenvalue weighted by Crippen LogP contribution is -2.45. The minimum absolute atomic E-state index is 0.128. The van der Waals surface area contributed by atoms with Crippen molar-refractivity contribution in [3.8, 4) is 0 Å². The zero-order chi connectivity index (χ0) is 11.5. The van der Waals surface area contributed by atoms with Gasteiger partial charge in [0, 0.05) is 24.7 Å². The Morgan fingerprint density at radius 2 is 2.12 bits per heavy atom. The zero-order valence-corrected chi connectivity index (χ0v) is 8.73. The molecule has 0 radical (unpaired) electrons. The highest BCUT2D eigenvalue weighted by Crippen LogP contribution is 2.20. The molecule has 1 aromatic rings. The fraction of sp³-hybridized carbons (Fsp3) is 0.364. The van der Waals surface area contributed by atoms with Gasteiger partial charge in [0.25, 0.3) is 0 Å². The summed E-state index contributed by atoms with van der Waals surface area (Å²) >= 11 is 0. The van der Waals surface area contributed by atoms with Gasteiger partial charge in [-0.05, 0) is 24.3 Å². The lowest BCUT2D eigenvalue weighted by molar-refractivity contribution is 0.117. The van der Waals surface area contributed by atoms with Crippen molar-refractivity contribution in [1.29, 1.82) is 0 Å². The van der Waals surface area contributed by atoms with Crippen LogP contribution in [0.1, 0.15) is 0 Å². The third kappa shape index (κ3) is 2.14. The molecule has 0 aliphatic carbocycles. The minimum Gasteiger partial charge on any atom is -0.449 e. The fourth-order valence-corrected chi connectivity index (χ4v) is 1.63. The fourth-order valence-electron chi connectivity index (χ4n) is 1.63. The normalized spacial score (nSPS) is 20.8. The van der Waals surface area contributed by atoms with Gasteiger partial charge in [0.2, 0.25) is 0 Å². The molecule has 0 bridgehead atoms. The van der Waals surface area contributed by atoms with Gasteiger partial charge in [0.05, 0.1) is 6.61 Å². The van der Waals surface area contributed by atoms with E-state index in [0.29, 0.717) is 25.4 Å². The molecule has 1 fully saturated rings. The van der Waals surface area contributed by atoms with Crippen molar-refractivity contribution in [1.82, 2.24) is 0 Å². The first-order valence-corrected chi connectivity index (χ1v) is 5.10. The Morgan fingerprint density at radius 3 is 2.75 bits per heavy atom. The number of hydrogen-bond acceptors (Lipinski definition) is 3. The van der Waals surface area contributed by atoms with Gasteiger partial charge in [0.1, 0.15) is 5.82 Å². The van der Waals surface area contributed by atoms with Crippen molar-refractivity contribution in [3.05, 3.63) is 30.1 Å². The van der Waals surface area contributed by atoms with Crippen LogP contribution in [0, 0.1) is 11.7 Å². The van der Waals surface area contributed by atoms with Crippen molar-refractivity contribution < 1.29 is 13.9 Å². The topological polar surface area (TPSA) is 55.6 Å². The Labute approximate surface area is 92.8 Å². The highest BCUT2D eigenvalue weighted by Gasteiger charge is 2.27. The number of ether oxygens (including phenoxy) is 1. The first kappa shape index (κ1) is 10.9. The molecule has 0 saturated carbocycles. The van der Waals surface area contributed by atoms with E-state index in [1.165, 1.54) is 17.0 Å². The first-order valence-electron chi connectivity index (χ1n) is 5.10. The number of benzene rings is 1. The van der Waals surface area contributed by atoms with Crippen LogP contribution < -0.4 is 10.6 Å². The van der Waals surface area contributed by atoms with Crippen molar-refractivity contribution in [2.75, 3.05) is 24.6 Å². The van der Waals surface area contributed by atoms with Gasteiger partial charge in [0.15, 0.2) is 0 Å². The molecule has 86 valence electrons. The van der Waals surface area contributed by atoms with Gasteiger partial charge in [-0.2, -0.15) is 0 Å². The van der Waals surface area contributed by atoms with Gasteiger partial charge >= 0.3 is 6.09 Å². The van der Waals surface area contributed by atoms with Crippen LogP contribution in [-0.4, -0.2) is 25.8 Å². The van der Waals surface area contributed by atoms with E-state index in [1.54, 1.807) is 12.1 Å². The Bertz CT molecular complexity index is 380. The van der Waals surface area contributed by atoms with Crippen molar-refractivity contribution >= 4 is 11.8 Å². The molecule has 4 nitrogen and oxygen atoms in total. The highest BCUT2D eigenvalue weighted by molar-refractivity contribution is 5.88. The molecule has 1 amide bonds. The largest absolute Gasteiger partial charge is 0.449 e. The van der Waals surface area contributed by atoms with Crippen LogP contribution >= 0.6 is 0 Å². The minimum atomic E-state index is -0.406. The maximum absolute atomic E-state index is 12.7. The molecule has 1 saturated heterocycles. The number of nitrogens with zero attached hydrogens (tertiary/aromatic N) is 1. The molecule has 0 aromatic heterocycles. The SMILES string of the molecule is NCC1COC(=O)N(c2ccc(F)cc2)C1. The second-order valence-corrected chi connectivity index (χ2v) is 3.77. The van der Waals surface area contributed by atoms with E-state index in [0.717, 1.165) is 0 Å². The summed E-state index contributed by atoms with van der Waals surface area (Å²) in [6.45, 7) is 1.33. The average molecular weight is 224 g/mol. The molecule has 1 aliphatic heterocycles. The Kier molecular flexibility index (Phi) is 3.05. The monoisotopic (exact) mass is 224 g/mol. The standard InChI is InChI=1S/C11H13FN2O2/c12-9-1-3-10(4-2-9)14-6-8(5-13)7-16-11(14)15/h1-4,8H,5-7,13H2. The van der Waals surface area contributed by atoms with Gasteiger partial charge in [-0.1, -0.05) is 0 Å². The van der Waals surface area contributed by atoms with Crippen LogP contribution in [0.4, 0.5) is 14.9 Å². The van der Waals surface area contributed by atoms with E-state index in [2.05, 4.69) is 0 Å². The van der Waals surface area contributed by atoms with Crippen LogP contribution in [0.3, 0.4) is 0 Å². The molecular weight excluding hydrogens is 211 g/mol. The maximum Gasteiger partial charge on any atom is 0.414 e. The summed E-state index contributed by atoms with van der Waals surface area (Å²) < 4.78 is 17.7. The molecule has 0 spiro atoms. The molecule has 1 heterocycles. The molecule has 2 N–H and O–H groups in total. The van der Waals surface area contributed by atoms with Crippen LogP contribution in [0.2, 0.25) is 0 Å². The second kappa shape index (κ2) is 4.49. The predicted molar refractivity (Wildman–Crippen MR) is 57.6 cm³/mol. The third-order valence-electron chi connectivity index (χ3n) is 2.58. The zero-order valence-electron chi connectivity index (χ0n) is 8.73. The van der Waals surface area contributed by atoms with E-state index in [1.807, 2.05) is 0 Å². The van der Waals surface area contributed by atoms with Crippen LogP contribution in [0.5, 0.6) is 0 Å². The lowest BCUT2D eigenvalue weighted by atomic mass is 10.1. The number of rotatable bonds is 2. The van der Waals surface area contributed by atoms with Crippen molar-refractivity contribution in [2.45, 2.75) is 0 Å². The number of amides is 1. The molecule has 1 aromatic carbocycles. The number of anilines is 1. The Hall–Kier alpha value is -1.62. The summed E-state index contributed by atoms with van der Waals surface area (Å²) in [7, 11) is 0. The maximum atomic E-state index is 12.7. The summed E-state index contributed by atoms with van der Waals surface area (Å²) in [6, 6.07) is 5.73. The van der Waals surface area contributed by atoms with Gasteiger partial charge in [-0.25, -0.2) is 9.18 Å². The number of hydrogen-bond donors (Lipinski definition) is 1. The molecule has 2 rings (SSSR count). The van der Waals surface area contributed by atoms with Crippen LogP contribution in [0.15, 0.2) is 24.3 Å². The molecule has 1 aliphatic rings. The highest BCUT2D eigenvalue weighted by atomic mass is 19.1. The first-order chi connectivity index (χ1) is 7.70. The molecule has 5 heteroatoms. The van der Waals surface area contributed by atoms with Crippen LogP contribution in [-0.2, 0) is 4.74 Å². The van der Waals surface area contributed by atoms with E-state index in [-0.39, 0.29) is 11.7 Å². The van der Waals surface area contributed by atoms with E-state index in [9.17, 15) is 9.18 Å². The quantitative estimate of drug-likeness (QED) is 0.825. The molecule has 1 atom stereocenters. The molecule has 1 unspecified atom stereocenters. The molecule has 16 heavy (non-hydrogen) atoms. The van der Waals surface area contributed by atoms with Crippen molar-refractivity contribution in [2.24, 2.45) is 11.7 Å². The number of halogens is 1. The Morgan fingerprint density at radius 1 is 1.44 bits per heavy atom. The average Bonchev–Trinajstić information content (AvgIpc) is 2.31. The number of carbonyl (C=O) groups excluding carboxylic acids is 1. The smallest absolute Gasteiger partial charge is 0.414 e. The second-order valence-electron chi connectivity index (χ2n) is 3.77. The molecular formula is C11H13FN2O2. The Balaban J connectivity index is 2.17. The van der Waals surface area contributed by atoms with Gasteiger partial charge in [-0.15, -0.1) is 0 Å². The summed E-state index contributed by atoms with van der Waals surface area (Å²) in [4.78, 5) is 13.0. The van der Waals surface area contributed by atoms with Gasteiger partial charge in [-0.3, -0.25) is 4.90 Å². The van der Waals surface area contributed by atoms with E-state index in [4.69, 9.17) is 10.5 Å². The van der Waals surface area contributed by atoms with E-state index >= 15 is 0 Å². The number of nitrogens with two attached hydrogens (primary N) is 1. The summed E-state index contributed by atoms with van der Waals surface area (Å²) in [5, 5.41) is 0. The van der Waals surface area contributed by atoms with Crippen LogP contribution in [0.25, 0.3) is 0 Å². The predicted octanol–water partition coefficient (Wildman–Crippen LogP) is 1.36. The summed E-state index contributed by atoms with van der Waals surface area (Å²) in [5.74, 6) is -0.202. The van der Waals surface area contributed by atoms with Crippen molar-refractivity contribution in [3.63, 3.8) is 0 Å².